The summed E-state index contributed by atoms with van der Waals surface area (Å²) in [5.41, 5.74) is 0.395. The Bertz CT molecular complexity index is 1000. The highest BCUT2D eigenvalue weighted by atomic mass is 16.5. The predicted molar refractivity (Wildman–Crippen MR) is 101 cm³/mol. The van der Waals surface area contributed by atoms with E-state index in [9.17, 15) is 4.79 Å². The van der Waals surface area contributed by atoms with E-state index in [4.69, 9.17) is 14.2 Å². The Hall–Kier alpha value is -2.80. The quantitative estimate of drug-likeness (QED) is 0.668. The standard InChI is InChI=1S/C20H23N3O4/c1-13(2)19-21-8-17-20(24)22(3)18(9-23(17)19)27-16-6-4-15(5-7-16)26-12-14-10-25-11-14/h4-9,13-14H,10-12H2,1-3H3. The smallest absolute Gasteiger partial charge is 0.279 e. The third kappa shape index (κ3) is 3.42. The van der Waals surface area contributed by atoms with Gasteiger partial charge in [-0.05, 0) is 24.3 Å². The highest BCUT2D eigenvalue weighted by Gasteiger charge is 2.19. The van der Waals surface area contributed by atoms with Crippen LogP contribution in [0, 0.1) is 5.92 Å². The molecular formula is C20H23N3O4. The van der Waals surface area contributed by atoms with Crippen molar-refractivity contribution < 1.29 is 14.2 Å². The van der Waals surface area contributed by atoms with Gasteiger partial charge in [-0.15, -0.1) is 0 Å². The fourth-order valence-electron chi connectivity index (χ4n) is 2.98. The third-order valence-electron chi connectivity index (χ3n) is 4.67. The molecule has 0 radical (unpaired) electrons. The van der Waals surface area contributed by atoms with Crippen LogP contribution in [0.25, 0.3) is 5.52 Å². The largest absolute Gasteiger partial charge is 0.493 e. The highest BCUT2D eigenvalue weighted by Crippen LogP contribution is 2.25. The molecule has 0 N–H and O–H groups in total. The van der Waals surface area contributed by atoms with Crippen LogP contribution < -0.4 is 15.0 Å². The molecule has 1 saturated heterocycles. The van der Waals surface area contributed by atoms with Gasteiger partial charge in [0.15, 0.2) is 0 Å². The van der Waals surface area contributed by atoms with Gasteiger partial charge >= 0.3 is 0 Å². The minimum atomic E-state index is -0.144. The minimum Gasteiger partial charge on any atom is -0.493 e. The second-order valence-electron chi connectivity index (χ2n) is 7.15. The van der Waals surface area contributed by atoms with E-state index >= 15 is 0 Å². The number of fused-ring (bicyclic) bond motifs is 1. The van der Waals surface area contributed by atoms with Gasteiger partial charge in [-0.3, -0.25) is 13.8 Å². The summed E-state index contributed by atoms with van der Waals surface area (Å²) < 4.78 is 20.1. The third-order valence-corrected chi connectivity index (χ3v) is 4.67. The molecule has 142 valence electrons. The van der Waals surface area contributed by atoms with E-state index in [0.717, 1.165) is 24.8 Å². The predicted octanol–water partition coefficient (Wildman–Crippen LogP) is 2.97. The molecule has 27 heavy (non-hydrogen) atoms. The van der Waals surface area contributed by atoms with Gasteiger partial charge in [0.05, 0.1) is 32.2 Å². The molecule has 0 bridgehead atoms. The second kappa shape index (κ2) is 7.08. The summed E-state index contributed by atoms with van der Waals surface area (Å²) >= 11 is 0. The van der Waals surface area contributed by atoms with Crippen molar-refractivity contribution in [3.05, 3.63) is 52.8 Å². The number of hydrogen-bond donors (Lipinski definition) is 0. The van der Waals surface area contributed by atoms with E-state index in [1.54, 1.807) is 23.8 Å². The van der Waals surface area contributed by atoms with Crippen molar-refractivity contribution in [1.29, 1.82) is 0 Å². The zero-order valence-corrected chi connectivity index (χ0v) is 15.7. The van der Waals surface area contributed by atoms with Crippen LogP contribution in [0.15, 0.2) is 41.5 Å². The molecule has 0 unspecified atom stereocenters. The molecule has 3 aromatic rings. The normalized spacial score (nSPS) is 14.5. The summed E-state index contributed by atoms with van der Waals surface area (Å²) in [7, 11) is 1.69. The zero-order chi connectivity index (χ0) is 19.0. The molecule has 7 nitrogen and oxygen atoms in total. The van der Waals surface area contributed by atoms with Gasteiger partial charge in [-0.2, -0.15) is 0 Å². The lowest BCUT2D eigenvalue weighted by Gasteiger charge is -2.25. The fraction of sp³-hybridized carbons (Fsp3) is 0.400. The Morgan fingerprint density at radius 2 is 1.93 bits per heavy atom. The SMILES string of the molecule is CC(C)c1ncc2c(=O)n(C)c(Oc3ccc(OCC4COC4)cc3)cn12. The summed E-state index contributed by atoms with van der Waals surface area (Å²) in [5.74, 6) is 3.38. The molecule has 1 aliphatic rings. The Morgan fingerprint density at radius 3 is 2.56 bits per heavy atom. The highest BCUT2D eigenvalue weighted by molar-refractivity contribution is 5.46. The Balaban J connectivity index is 1.56. The van der Waals surface area contributed by atoms with Gasteiger partial charge in [0.1, 0.15) is 22.8 Å². The molecule has 7 heteroatoms. The van der Waals surface area contributed by atoms with E-state index in [1.165, 1.54) is 4.57 Å². The average Bonchev–Trinajstić information content (AvgIpc) is 3.03. The molecule has 0 saturated carbocycles. The van der Waals surface area contributed by atoms with E-state index in [2.05, 4.69) is 4.98 Å². The van der Waals surface area contributed by atoms with Gasteiger partial charge in [-0.25, -0.2) is 4.98 Å². The van der Waals surface area contributed by atoms with Crippen LogP contribution in [-0.2, 0) is 11.8 Å². The van der Waals surface area contributed by atoms with Crippen molar-refractivity contribution in [3.8, 4) is 17.4 Å². The van der Waals surface area contributed by atoms with Gasteiger partial charge in [-0.1, -0.05) is 13.8 Å². The molecule has 1 aromatic carbocycles. The maximum Gasteiger partial charge on any atom is 0.279 e. The van der Waals surface area contributed by atoms with Crippen LogP contribution in [0.5, 0.6) is 17.4 Å². The van der Waals surface area contributed by atoms with Crippen molar-refractivity contribution in [2.75, 3.05) is 19.8 Å². The monoisotopic (exact) mass is 369 g/mol. The fourth-order valence-corrected chi connectivity index (χ4v) is 2.98. The van der Waals surface area contributed by atoms with Gasteiger partial charge < -0.3 is 14.2 Å². The van der Waals surface area contributed by atoms with Crippen molar-refractivity contribution >= 4 is 5.52 Å². The van der Waals surface area contributed by atoms with Crippen LogP contribution in [-0.4, -0.2) is 33.8 Å². The van der Waals surface area contributed by atoms with Crippen LogP contribution in [0.4, 0.5) is 0 Å². The summed E-state index contributed by atoms with van der Waals surface area (Å²) in [4.78, 5) is 17.0. The van der Waals surface area contributed by atoms with Crippen molar-refractivity contribution in [3.63, 3.8) is 0 Å². The van der Waals surface area contributed by atoms with Crippen LogP contribution in [0.2, 0.25) is 0 Å². The number of ether oxygens (including phenoxy) is 3. The van der Waals surface area contributed by atoms with Crippen molar-refractivity contribution in [1.82, 2.24) is 14.0 Å². The number of benzene rings is 1. The average molecular weight is 369 g/mol. The number of imidazole rings is 1. The van der Waals surface area contributed by atoms with Gasteiger partial charge in [0.2, 0.25) is 5.88 Å². The zero-order valence-electron chi connectivity index (χ0n) is 15.7. The lowest BCUT2D eigenvalue weighted by molar-refractivity contribution is -0.0508. The number of nitrogens with zero attached hydrogens (tertiary/aromatic N) is 3. The molecule has 1 aliphatic heterocycles. The van der Waals surface area contributed by atoms with Gasteiger partial charge in [0, 0.05) is 18.9 Å². The first-order chi connectivity index (χ1) is 13.0. The first-order valence-corrected chi connectivity index (χ1v) is 9.08. The molecule has 1 fully saturated rings. The summed E-state index contributed by atoms with van der Waals surface area (Å²) in [6.07, 6.45) is 3.42. The maximum atomic E-state index is 12.6. The van der Waals surface area contributed by atoms with E-state index < -0.39 is 0 Å². The second-order valence-corrected chi connectivity index (χ2v) is 7.15. The van der Waals surface area contributed by atoms with E-state index in [1.807, 2.05) is 38.1 Å². The molecule has 0 aliphatic carbocycles. The van der Waals surface area contributed by atoms with Crippen molar-refractivity contribution in [2.45, 2.75) is 19.8 Å². The molecule has 4 rings (SSSR count). The van der Waals surface area contributed by atoms with E-state index in [0.29, 0.717) is 29.7 Å². The first kappa shape index (κ1) is 17.6. The van der Waals surface area contributed by atoms with Crippen LogP contribution in [0.1, 0.15) is 25.6 Å². The van der Waals surface area contributed by atoms with Crippen LogP contribution in [0.3, 0.4) is 0 Å². The Kier molecular flexibility index (Phi) is 4.61. The molecule has 3 heterocycles. The Morgan fingerprint density at radius 1 is 1.22 bits per heavy atom. The molecule has 2 aromatic heterocycles. The first-order valence-electron chi connectivity index (χ1n) is 9.08. The number of aromatic nitrogens is 3. The minimum absolute atomic E-state index is 0.144. The molecule has 0 spiro atoms. The Labute approximate surface area is 157 Å². The topological polar surface area (TPSA) is 67.0 Å². The summed E-state index contributed by atoms with van der Waals surface area (Å²) in [5, 5.41) is 0. The lowest BCUT2D eigenvalue weighted by Crippen LogP contribution is -2.32. The summed E-state index contributed by atoms with van der Waals surface area (Å²) in [6, 6.07) is 7.39. The maximum absolute atomic E-state index is 12.6. The molecule has 0 atom stereocenters. The molecular weight excluding hydrogens is 346 g/mol. The summed E-state index contributed by atoms with van der Waals surface area (Å²) in [6.45, 7) is 6.28. The number of rotatable bonds is 6. The van der Waals surface area contributed by atoms with E-state index in [-0.39, 0.29) is 11.5 Å². The van der Waals surface area contributed by atoms with Gasteiger partial charge in [0.25, 0.3) is 5.56 Å². The number of hydrogen-bond acceptors (Lipinski definition) is 5. The molecule has 0 amide bonds. The van der Waals surface area contributed by atoms with Crippen molar-refractivity contribution in [2.24, 2.45) is 13.0 Å². The van der Waals surface area contributed by atoms with Crippen LogP contribution >= 0.6 is 0 Å². The lowest BCUT2D eigenvalue weighted by atomic mass is 10.1.